The van der Waals surface area contributed by atoms with E-state index >= 15 is 0 Å². The second kappa shape index (κ2) is 11.4. The Hall–Kier alpha value is -2.36. The van der Waals surface area contributed by atoms with Crippen LogP contribution < -0.4 is 5.32 Å². The second-order valence-corrected chi connectivity index (χ2v) is 7.15. The fraction of sp³-hybridized carbons (Fsp3) is 0.478. The maximum Gasteiger partial charge on any atom is 0.232 e. The van der Waals surface area contributed by atoms with Gasteiger partial charge in [-0.1, -0.05) is 76.5 Å². The molecule has 0 spiro atoms. The molecule has 0 bridgehead atoms. The first kappa shape index (κ1) is 20.9. The monoisotopic (exact) mass is 369 g/mol. The number of carbonyl (C=O) groups is 2. The molecule has 0 atom stereocenters. The van der Waals surface area contributed by atoms with Gasteiger partial charge in [-0.15, -0.1) is 0 Å². The number of hydrogen-bond acceptors (Lipinski definition) is 4. The molecule has 0 saturated heterocycles. The Morgan fingerprint density at radius 3 is 2.07 bits per heavy atom. The van der Waals surface area contributed by atoms with Crippen LogP contribution >= 0.6 is 0 Å². The third-order valence-electron chi connectivity index (χ3n) is 4.90. The number of allylic oxidation sites excluding steroid dienone is 2. The standard InChI is InChI=1S/C23H31NO3/c1-2-3-4-5-6-7-8-9-13-16-19-22(26)20(17-21(25)23(19)27)24-18-14-11-10-12-15-18/h10-12,14-15,17,24,26H,2-9,13,16H2,1H3. The Bertz CT molecular complexity index is 689. The minimum Gasteiger partial charge on any atom is -0.505 e. The van der Waals surface area contributed by atoms with Crippen molar-refractivity contribution < 1.29 is 14.7 Å². The van der Waals surface area contributed by atoms with Gasteiger partial charge in [0.25, 0.3) is 0 Å². The SMILES string of the molecule is CCCCCCCCCCCC1=C(O)C(Nc2ccccc2)=CC(=O)C1=O. The van der Waals surface area contributed by atoms with Crippen molar-refractivity contribution in [3.05, 3.63) is 53.4 Å². The van der Waals surface area contributed by atoms with E-state index in [0.29, 0.717) is 12.1 Å². The number of nitrogens with one attached hydrogen (secondary N) is 1. The van der Waals surface area contributed by atoms with Gasteiger partial charge in [-0.2, -0.15) is 0 Å². The molecular weight excluding hydrogens is 338 g/mol. The highest BCUT2D eigenvalue weighted by Crippen LogP contribution is 2.25. The van der Waals surface area contributed by atoms with E-state index in [1.165, 1.54) is 44.6 Å². The van der Waals surface area contributed by atoms with Crippen molar-refractivity contribution in [3.8, 4) is 0 Å². The van der Waals surface area contributed by atoms with E-state index in [0.717, 1.165) is 24.9 Å². The summed E-state index contributed by atoms with van der Waals surface area (Å²) in [5.41, 5.74) is 1.31. The quantitative estimate of drug-likeness (QED) is 0.275. The number of rotatable bonds is 12. The predicted molar refractivity (Wildman–Crippen MR) is 110 cm³/mol. The Balaban J connectivity index is 1.83. The van der Waals surface area contributed by atoms with Crippen LogP contribution in [0.15, 0.2) is 53.4 Å². The zero-order valence-electron chi connectivity index (χ0n) is 16.3. The molecule has 1 aromatic rings. The molecule has 0 aliphatic heterocycles. The zero-order chi connectivity index (χ0) is 19.5. The molecule has 0 amide bonds. The van der Waals surface area contributed by atoms with Crippen molar-refractivity contribution in [1.82, 2.24) is 0 Å². The van der Waals surface area contributed by atoms with E-state index in [9.17, 15) is 14.7 Å². The number of aliphatic hydroxyl groups is 1. The molecule has 2 rings (SSSR count). The lowest BCUT2D eigenvalue weighted by Gasteiger charge is -2.17. The summed E-state index contributed by atoms with van der Waals surface area (Å²) < 4.78 is 0. The summed E-state index contributed by atoms with van der Waals surface area (Å²) in [5.74, 6) is -1.24. The number of hydrogen-bond donors (Lipinski definition) is 2. The van der Waals surface area contributed by atoms with Crippen LogP contribution in [0.3, 0.4) is 0 Å². The predicted octanol–water partition coefficient (Wildman–Crippen LogP) is 5.87. The van der Waals surface area contributed by atoms with Gasteiger partial charge < -0.3 is 10.4 Å². The summed E-state index contributed by atoms with van der Waals surface area (Å²) in [6, 6.07) is 9.30. The van der Waals surface area contributed by atoms with Crippen LogP contribution in [0.4, 0.5) is 5.69 Å². The first-order valence-corrected chi connectivity index (χ1v) is 10.2. The summed E-state index contributed by atoms with van der Waals surface area (Å²) in [6.07, 6.45) is 12.3. The van der Waals surface area contributed by atoms with E-state index in [-0.39, 0.29) is 11.3 Å². The number of unbranched alkanes of at least 4 members (excludes halogenated alkanes) is 8. The second-order valence-electron chi connectivity index (χ2n) is 7.15. The van der Waals surface area contributed by atoms with Crippen molar-refractivity contribution in [2.45, 2.75) is 71.1 Å². The summed E-state index contributed by atoms with van der Waals surface area (Å²) in [4.78, 5) is 24.2. The van der Waals surface area contributed by atoms with Crippen molar-refractivity contribution in [2.75, 3.05) is 5.32 Å². The molecule has 146 valence electrons. The number of anilines is 1. The molecule has 4 nitrogen and oxygen atoms in total. The van der Waals surface area contributed by atoms with Crippen LogP contribution in [0.2, 0.25) is 0 Å². The number of benzene rings is 1. The maximum absolute atomic E-state index is 12.2. The highest BCUT2D eigenvalue weighted by atomic mass is 16.3. The summed E-state index contributed by atoms with van der Waals surface area (Å²) in [5, 5.41) is 13.5. The third-order valence-corrected chi connectivity index (χ3v) is 4.90. The summed E-state index contributed by atoms with van der Waals surface area (Å²) in [6.45, 7) is 2.22. The Kier molecular flexibility index (Phi) is 8.82. The lowest BCUT2D eigenvalue weighted by atomic mass is 9.93. The molecule has 27 heavy (non-hydrogen) atoms. The normalized spacial score (nSPS) is 14.5. The van der Waals surface area contributed by atoms with Gasteiger partial charge in [0.15, 0.2) is 0 Å². The van der Waals surface area contributed by atoms with E-state index in [1.807, 2.05) is 30.3 Å². The van der Waals surface area contributed by atoms with Crippen molar-refractivity contribution >= 4 is 17.3 Å². The van der Waals surface area contributed by atoms with Gasteiger partial charge >= 0.3 is 0 Å². The van der Waals surface area contributed by atoms with Crippen LogP contribution in [0.5, 0.6) is 0 Å². The van der Waals surface area contributed by atoms with Gasteiger partial charge in [-0.25, -0.2) is 0 Å². The highest BCUT2D eigenvalue weighted by Gasteiger charge is 2.28. The Morgan fingerprint density at radius 1 is 0.852 bits per heavy atom. The average molecular weight is 370 g/mol. The van der Waals surface area contributed by atoms with Crippen LogP contribution in [0.25, 0.3) is 0 Å². The molecular formula is C23H31NO3. The molecule has 0 heterocycles. The van der Waals surface area contributed by atoms with Gasteiger partial charge in [-0.05, 0) is 25.0 Å². The summed E-state index contributed by atoms with van der Waals surface area (Å²) in [7, 11) is 0. The fourth-order valence-corrected chi connectivity index (χ4v) is 3.30. The largest absolute Gasteiger partial charge is 0.505 e. The van der Waals surface area contributed by atoms with E-state index in [2.05, 4.69) is 12.2 Å². The Labute approximate surface area is 162 Å². The zero-order valence-corrected chi connectivity index (χ0v) is 16.3. The van der Waals surface area contributed by atoms with E-state index in [4.69, 9.17) is 0 Å². The topological polar surface area (TPSA) is 66.4 Å². The molecule has 1 aromatic carbocycles. The molecule has 0 radical (unpaired) electrons. The van der Waals surface area contributed by atoms with Gasteiger partial charge in [-0.3, -0.25) is 9.59 Å². The van der Waals surface area contributed by atoms with Gasteiger partial charge in [0.1, 0.15) is 5.76 Å². The number of carbonyl (C=O) groups excluding carboxylic acids is 2. The molecule has 0 saturated carbocycles. The molecule has 0 unspecified atom stereocenters. The van der Waals surface area contributed by atoms with Crippen LogP contribution in [0, 0.1) is 0 Å². The van der Waals surface area contributed by atoms with Crippen LogP contribution in [-0.4, -0.2) is 16.7 Å². The lowest BCUT2D eigenvalue weighted by Crippen LogP contribution is -2.24. The minimum atomic E-state index is -0.578. The highest BCUT2D eigenvalue weighted by molar-refractivity contribution is 6.48. The smallest absolute Gasteiger partial charge is 0.232 e. The van der Waals surface area contributed by atoms with Gasteiger partial charge in [0.05, 0.1) is 5.70 Å². The fourth-order valence-electron chi connectivity index (χ4n) is 3.30. The van der Waals surface area contributed by atoms with Gasteiger partial charge in [0, 0.05) is 17.3 Å². The number of Topliss-reactive ketones (excluding diaryl/α,β-unsaturated/α-hetero) is 1. The minimum absolute atomic E-state index is 0.0944. The van der Waals surface area contributed by atoms with E-state index in [1.54, 1.807) is 0 Å². The van der Waals surface area contributed by atoms with Crippen LogP contribution in [-0.2, 0) is 9.59 Å². The third kappa shape index (κ3) is 6.70. The molecule has 2 N–H and O–H groups in total. The number of para-hydroxylation sites is 1. The molecule has 0 fully saturated rings. The molecule has 1 aliphatic rings. The summed E-state index contributed by atoms with van der Waals surface area (Å²) >= 11 is 0. The first-order chi connectivity index (χ1) is 13.1. The average Bonchev–Trinajstić information content (AvgIpc) is 2.68. The lowest BCUT2D eigenvalue weighted by molar-refractivity contribution is -0.132. The molecule has 1 aliphatic carbocycles. The number of aliphatic hydroxyl groups excluding tert-OH is 1. The molecule has 4 heteroatoms. The molecule has 0 aromatic heterocycles. The first-order valence-electron chi connectivity index (χ1n) is 10.2. The van der Waals surface area contributed by atoms with E-state index < -0.39 is 11.6 Å². The van der Waals surface area contributed by atoms with Crippen LogP contribution in [0.1, 0.15) is 71.1 Å². The van der Waals surface area contributed by atoms with Crippen molar-refractivity contribution in [3.63, 3.8) is 0 Å². The van der Waals surface area contributed by atoms with Crippen molar-refractivity contribution in [1.29, 1.82) is 0 Å². The van der Waals surface area contributed by atoms with Gasteiger partial charge in [0.2, 0.25) is 11.6 Å². The Morgan fingerprint density at radius 2 is 1.44 bits per heavy atom. The number of ketones is 2. The maximum atomic E-state index is 12.2. The van der Waals surface area contributed by atoms with Crippen molar-refractivity contribution in [2.24, 2.45) is 0 Å².